The van der Waals surface area contributed by atoms with Crippen LogP contribution in [0.15, 0.2) is 36.4 Å². The zero-order valence-corrected chi connectivity index (χ0v) is 13.1. The lowest BCUT2D eigenvalue weighted by Crippen LogP contribution is -2.14. The van der Waals surface area contributed by atoms with E-state index in [1.54, 1.807) is 0 Å². The van der Waals surface area contributed by atoms with Crippen molar-refractivity contribution in [2.75, 3.05) is 0 Å². The highest BCUT2D eigenvalue weighted by atomic mass is 19.4. The molecule has 0 N–H and O–H groups in total. The van der Waals surface area contributed by atoms with E-state index in [2.05, 4.69) is 0 Å². The molecule has 0 aliphatic heterocycles. The van der Waals surface area contributed by atoms with Crippen LogP contribution < -0.4 is 4.74 Å². The molecule has 0 saturated heterocycles. The number of carbonyl (C=O) groups excluding carboxylic acids is 1. The Hall–Kier alpha value is -3.11. The molecule has 0 aliphatic carbocycles. The zero-order valence-electron chi connectivity index (χ0n) is 13.1. The van der Waals surface area contributed by atoms with Crippen LogP contribution in [-0.4, -0.2) is 11.2 Å². The van der Waals surface area contributed by atoms with Gasteiger partial charge in [0.05, 0.1) is 16.1 Å². The monoisotopic (exact) mass is 393 g/mol. The van der Waals surface area contributed by atoms with Crippen molar-refractivity contribution in [2.24, 2.45) is 0 Å². The first-order valence-corrected chi connectivity index (χ1v) is 7.07. The fourth-order valence-corrected chi connectivity index (χ4v) is 2.17. The average Bonchev–Trinajstić information content (AvgIpc) is 2.57. The summed E-state index contributed by atoms with van der Waals surface area (Å²) in [5, 5.41) is 11.0. The third-order valence-corrected chi connectivity index (χ3v) is 3.44. The van der Waals surface area contributed by atoms with E-state index in [1.807, 2.05) is 0 Å². The van der Waals surface area contributed by atoms with Crippen LogP contribution in [0.5, 0.6) is 5.75 Å². The smallest absolute Gasteiger partial charge is 0.416 e. The highest BCUT2D eigenvalue weighted by Gasteiger charge is 2.38. The molecule has 0 saturated carbocycles. The van der Waals surface area contributed by atoms with Crippen LogP contribution in [0.1, 0.15) is 27.0 Å². The molecule has 0 bridgehead atoms. The van der Waals surface area contributed by atoms with Gasteiger partial charge < -0.3 is 4.74 Å². The summed E-state index contributed by atoms with van der Waals surface area (Å²) in [5.74, 6) is -0.432. The second-order valence-electron chi connectivity index (χ2n) is 5.26. The number of benzene rings is 2. The van der Waals surface area contributed by atoms with Gasteiger partial charge in [0.25, 0.3) is 0 Å². The Balaban J connectivity index is 2.38. The number of hydrogen-bond acceptors (Lipinski definition) is 4. The molecule has 0 unspecified atom stereocenters. The Morgan fingerprint density at radius 1 is 1.00 bits per heavy atom. The highest BCUT2D eigenvalue weighted by molar-refractivity contribution is 5.77. The molecule has 0 radical (unpaired) electrons. The van der Waals surface area contributed by atoms with Gasteiger partial charge in [-0.3, -0.25) is 14.9 Å². The van der Waals surface area contributed by atoms with Crippen LogP contribution in [0, 0.1) is 10.1 Å². The molecule has 0 fully saturated rings. The SMILES string of the molecule is O=Cc1ccc(OCc2ccc(C(F)(F)F)cc2C(F)(F)F)c([N+](=O)[O-])c1. The molecule has 2 aromatic carbocycles. The minimum Gasteiger partial charge on any atom is -0.482 e. The van der Waals surface area contributed by atoms with Gasteiger partial charge in [0.2, 0.25) is 0 Å². The van der Waals surface area contributed by atoms with E-state index in [1.165, 1.54) is 0 Å². The topological polar surface area (TPSA) is 69.4 Å². The van der Waals surface area contributed by atoms with Crippen molar-refractivity contribution in [3.05, 3.63) is 68.8 Å². The van der Waals surface area contributed by atoms with Gasteiger partial charge >= 0.3 is 18.0 Å². The summed E-state index contributed by atoms with van der Waals surface area (Å²) in [6.45, 7) is -0.867. The average molecular weight is 393 g/mol. The first-order chi connectivity index (χ1) is 12.4. The summed E-state index contributed by atoms with van der Waals surface area (Å²) in [6.07, 6.45) is -9.73. The van der Waals surface area contributed by atoms with Crippen LogP contribution in [-0.2, 0) is 19.0 Å². The molecule has 0 spiro atoms. The summed E-state index contributed by atoms with van der Waals surface area (Å²) >= 11 is 0. The summed E-state index contributed by atoms with van der Waals surface area (Å²) < 4.78 is 82.2. The van der Waals surface area contributed by atoms with Crippen molar-refractivity contribution in [1.29, 1.82) is 0 Å². The van der Waals surface area contributed by atoms with Gasteiger partial charge in [-0.1, -0.05) is 6.07 Å². The molecule has 144 valence electrons. The number of rotatable bonds is 5. The minimum absolute atomic E-state index is 0.0530. The van der Waals surface area contributed by atoms with Crippen molar-refractivity contribution in [3.8, 4) is 5.75 Å². The van der Waals surface area contributed by atoms with E-state index in [0.717, 1.165) is 18.2 Å². The first-order valence-electron chi connectivity index (χ1n) is 7.07. The summed E-state index contributed by atoms with van der Waals surface area (Å²) in [7, 11) is 0. The van der Waals surface area contributed by atoms with Crippen molar-refractivity contribution < 1.29 is 40.8 Å². The number of carbonyl (C=O) groups is 1. The van der Waals surface area contributed by atoms with Gasteiger partial charge in [-0.2, -0.15) is 26.3 Å². The maximum absolute atomic E-state index is 13.1. The molecule has 0 aliphatic rings. The Bertz CT molecular complexity index is 876. The molecule has 27 heavy (non-hydrogen) atoms. The maximum Gasteiger partial charge on any atom is 0.416 e. The first kappa shape index (κ1) is 20.2. The van der Waals surface area contributed by atoms with Gasteiger partial charge in [0.1, 0.15) is 12.9 Å². The van der Waals surface area contributed by atoms with E-state index in [9.17, 15) is 41.3 Å². The van der Waals surface area contributed by atoms with E-state index in [0.29, 0.717) is 18.4 Å². The second-order valence-corrected chi connectivity index (χ2v) is 5.26. The van der Waals surface area contributed by atoms with Gasteiger partial charge in [0, 0.05) is 17.2 Å². The van der Waals surface area contributed by atoms with Crippen LogP contribution in [0.2, 0.25) is 0 Å². The Labute approximate surface area is 147 Å². The summed E-state index contributed by atoms with van der Waals surface area (Å²) in [5.41, 5.74) is -4.41. The zero-order chi connectivity index (χ0) is 20.4. The normalized spacial score (nSPS) is 11.9. The number of nitrogens with zero attached hydrogens (tertiary/aromatic N) is 1. The lowest BCUT2D eigenvalue weighted by atomic mass is 10.0. The third kappa shape index (κ3) is 4.74. The molecule has 0 amide bonds. The summed E-state index contributed by atoms with van der Waals surface area (Å²) in [4.78, 5) is 20.7. The minimum atomic E-state index is -5.09. The largest absolute Gasteiger partial charge is 0.482 e. The Morgan fingerprint density at radius 3 is 2.19 bits per heavy atom. The Kier molecular flexibility index (Phi) is 5.43. The van der Waals surface area contributed by atoms with Crippen LogP contribution >= 0.6 is 0 Å². The van der Waals surface area contributed by atoms with Crippen molar-refractivity contribution in [2.45, 2.75) is 19.0 Å². The van der Waals surface area contributed by atoms with E-state index < -0.39 is 52.0 Å². The number of nitro groups is 1. The fraction of sp³-hybridized carbons (Fsp3) is 0.188. The number of halogens is 6. The van der Waals surface area contributed by atoms with Gasteiger partial charge in [-0.15, -0.1) is 0 Å². The van der Waals surface area contributed by atoms with E-state index in [-0.39, 0.29) is 11.6 Å². The van der Waals surface area contributed by atoms with Crippen molar-refractivity contribution >= 4 is 12.0 Å². The number of ether oxygens (including phenoxy) is 1. The molecule has 0 heterocycles. The molecule has 2 aromatic rings. The third-order valence-electron chi connectivity index (χ3n) is 3.44. The molecule has 0 aromatic heterocycles. The predicted molar refractivity (Wildman–Crippen MR) is 79.3 cm³/mol. The standard InChI is InChI=1S/C16H9F6NO4/c17-15(18,19)11-3-2-10(12(6-11)16(20,21)22)8-27-14-4-1-9(7-24)5-13(14)23(25)26/h1-7H,8H2. The molecular formula is C16H9F6NO4. The number of nitro benzene ring substituents is 1. The van der Waals surface area contributed by atoms with E-state index >= 15 is 0 Å². The predicted octanol–water partition coefficient (Wildman–Crippen LogP) is 5.02. The fourth-order valence-electron chi connectivity index (χ4n) is 2.17. The van der Waals surface area contributed by atoms with Crippen LogP contribution in [0.4, 0.5) is 32.0 Å². The van der Waals surface area contributed by atoms with Crippen LogP contribution in [0.25, 0.3) is 0 Å². The molecule has 5 nitrogen and oxygen atoms in total. The number of alkyl halides is 6. The molecular weight excluding hydrogens is 384 g/mol. The quantitative estimate of drug-likeness (QED) is 0.309. The van der Waals surface area contributed by atoms with Crippen LogP contribution in [0.3, 0.4) is 0 Å². The lowest BCUT2D eigenvalue weighted by molar-refractivity contribution is -0.386. The Morgan fingerprint density at radius 2 is 1.67 bits per heavy atom. The molecule has 11 heteroatoms. The highest BCUT2D eigenvalue weighted by Crippen LogP contribution is 2.38. The van der Waals surface area contributed by atoms with Gasteiger partial charge in [-0.25, -0.2) is 0 Å². The number of aldehydes is 1. The van der Waals surface area contributed by atoms with Gasteiger partial charge in [0.15, 0.2) is 5.75 Å². The van der Waals surface area contributed by atoms with Crippen molar-refractivity contribution in [1.82, 2.24) is 0 Å². The second kappa shape index (κ2) is 7.25. The summed E-state index contributed by atoms with van der Waals surface area (Å²) in [6, 6.07) is 4.02. The van der Waals surface area contributed by atoms with E-state index in [4.69, 9.17) is 4.74 Å². The maximum atomic E-state index is 13.1. The van der Waals surface area contributed by atoms with Gasteiger partial charge in [-0.05, 0) is 24.3 Å². The lowest BCUT2D eigenvalue weighted by Gasteiger charge is -2.16. The van der Waals surface area contributed by atoms with Crippen molar-refractivity contribution in [3.63, 3.8) is 0 Å². The number of hydrogen-bond donors (Lipinski definition) is 0. The molecule has 2 rings (SSSR count). The molecule has 0 atom stereocenters.